The number of hydrogen-bond donors (Lipinski definition) is 0. The van der Waals surface area contributed by atoms with Crippen molar-refractivity contribution in [3.8, 4) is 0 Å². The highest BCUT2D eigenvalue weighted by molar-refractivity contribution is 4.71. The van der Waals surface area contributed by atoms with Crippen LogP contribution in [0.25, 0.3) is 0 Å². The third-order valence-corrected chi connectivity index (χ3v) is 2.99. The minimum atomic E-state index is 0.538. The monoisotopic (exact) mass is 169 g/mol. The van der Waals surface area contributed by atoms with Crippen LogP contribution >= 0.6 is 0 Å². The van der Waals surface area contributed by atoms with E-state index in [1.165, 1.54) is 25.7 Å². The summed E-state index contributed by atoms with van der Waals surface area (Å²) < 4.78 is 0. The lowest BCUT2D eigenvalue weighted by Gasteiger charge is -2.27. The van der Waals surface area contributed by atoms with Crippen molar-refractivity contribution in [2.75, 3.05) is 0 Å². The molecule has 0 N–H and O–H groups in total. The second-order valence-electron chi connectivity index (χ2n) is 4.64. The topological polar surface area (TPSA) is 0 Å². The van der Waals surface area contributed by atoms with Gasteiger partial charge in [0.15, 0.2) is 0 Å². The van der Waals surface area contributed by atoms with E-state index in [1.54, 1.807) is 0 Å². The van der Waals surface area contributed by atoms with Gasteiger partial charge >= 0.3 is 0 Å². The van der Waals surface area contributed by atoms with Gasteiger partial charge in [-0.25, -0.2) is 0 Å². The zero-order valence-electron chi connectivity index (χ0n) is 9.32. The van der Waals surface area contributed by atoms with Gasteiger partial charge in [0.25, 0.3) is 0 Å². The van der Waals surface area contributed by atoms with Gasteiger partial charge in [0.2, 0.25) is 0 Å². The Balaban J connectivity index is 3.83. The standard InChI is InChI=1S/C12H25/c1-6-9-11(7-2)10-12(4,5)8-3/h11H,1,6-10H2,2-5H3. The van der Waals surface area contributed by atoms with Crippen LogP contribution in [-0.2, 0) is 0 Å². The van der Waals surface area contributed by atoms with Crippen molar-refractivity contribution in [2.45, 2.75) is 59.8 Å². The zero-order chi connectivity index (χ0) is 9.61. The van der Waals surface area contributed by atoms with Gasteiger partial charge in [0.05, 0.1) is 0 Å². The number of rotatable bonds is 6. The molecule has 0 heteroatoms. The van der Waals surface area contributed by atoms with Gasteiger partial charge < -0.3 is 0 Å². The van der Waals surface area contributed by atoms with E-state index >= 15 is 0 Å². The zero-order valence-corrected chi connectivity index (χ0v) is 9.32. The Morgan fingerprint density at radius 2 is 1.83 bits per heavy atom. The quantitative estimate of drug-likeness (QED) is 0.551. The predicted octanol–water partition coefficient (Wildman–Crippen LogP) is 4.45. The van der Waals surface area contributed by atoms with Gasteiger partial charge in [-0.15, -0.1) is 0 Å². The van der Waals surface area contributed by atoms with Crippen LogP contribution in [0.15, 0.2) is 0 Å². The molecule has 12 heavy (non-hydrogen) atoms. The van der Waals surface area contributed by atoms with Crippen molar-refractivity contribution in [2.24, 2.45) is 11.3 Å². The molecule has 0 nitrogen and oxygen atoms in total. The molecule has 0 bridgehead atoms. The van der Waals surface area contributed by atoms with Crippen molar-refractivity contribution in [3.63, 3.8) is 0 Å². The van der Waals surface area contributed by atoms with Crippen LogP contribution in [0.2, 0.25) is 0 Å². The molecule has 0 rings (SSSR count). The molecule has 0 heterocycles. The molecule has 1 atom stereocenters. The SMILES string of the molecule is [CH2]CCC(CC)CC(C)(C)CC. The summed E-state index contributed by atoms with van der Waals surface area (Å²) in [5.74, 6) is 0.900. The third kappa shape index (κ3) is 4.79. The summed E-state index contributed by atoms with van der Waals surface area (Å²) >= 11 is 0. The molecule has 0 aliphatic rings. The predicted molar refractivity (Wildman–Crippen MR) is 57.1 cm³/mol. The average molecular weight is 169 g/mol. The molecule has 0 aromatic carbocycles. The molecule has 0 fully saturated rings. The third-order valence-electron chi connectivity index (χ3n) is 2.99. The molecule has 0 aromatic rings. The molecule has 0 aliphatic carbocycles. The first-order valence-corrected chi connectivity index (χ1v) is 5.35. The Hall–Kier alpha value is 0. The van der Waals surface area contributed by atoms with E-state index in [9.17, 15) is 0 Å². The lowest BCUT2D eigenvalue weighted by molar-refractivity contribution is 0.244. The minimum Gasteiger partial charge on any atom is -0.0651 e. The first-order chi connectivity index (χ1) is 5.55. The second-order valence-corrected chi connectivity index (χ2v) is 4.64. The minimum absolute atomic E-state index is 0.538. The molecule has 1 radical (unpaired) electrons. The van der Waals surface area contributed by atoms with Gasteiger partial charge in [-0.2, -0.15) is 0 Å². The van der Waals surface area contributed by atoms with Gasteiger partial charge in [0.1, 0.15) is 0 Å². The van der Waals surface area contributed by atoms with Gasteiger partial charge in [-0.3, -0.25) is 0 Å². The molecule has 73 valence electrons. The normalized spacial score (nSPS) is 14.8. The molecule has 0 saturated heterocycles. The summed E-state index contributed by atoms with van der Waals surface area (Å²) in [6.07, 6.45) is 6.38. The lowest BCUT2D eigenvalue weighted by atomic mass is 9.78. The lowest BCUT2D eigenvalue weighted by Crippen LogP contribution is -2.15. The molecule has 0 saturated carbocycles. The van der Waals surface area contributed by atoms with Crippen LogP contribution in [0.5, 0.6) is 0 Å². The maximum atomic E-state index is 3.93. The van der Waals surface area contributed by atoms with Crippen LogP contribution in [0, 0.1) is 18.3 Å². The maximum Gasteiger partial charge on any atom is -0.0354 e. The smallest absolute Gasteiger partial charge is 0.0354 e. The molecule has 0 aromatic heterocycles. The molecule has 0 spiro atoms. The van der Waals surface area contributed by atoms with Crippen LogP contribution < -0.4 is 0 Å². The molecule has 0 amide bonds. The van der Waals surface area contributed by atoms with E-state index < -0.39 is 0 Å². The van der Waals surface area contributed by atoms with Crippen molar-refractivity contribution in [1.29, 1.82) is 0 Å². The summed E-state index contributed by atoms with van der Waals surface area (Å²) in [6, 6.07) is 0. The molecular formula is C12H25. The largest absolute Gasteiger partial charge is 0.0651 e. The highest BCUT2D eigenvalue weighted by atomic mass is 14.2. The summed E-state index contributed by atoms with van der Waals surface area (Å²) in [7, 11) is 0. The average Bonchev–Trinajstić information content (AvgIpc) is 2.03. The fourth-order valence-electron chi connectivity index (χ4n) is 1.67. The molecule has 1 unspecified atom stereocenters. The van der Waals surface area contributed by atoms with Gasteiger partial charge in [-0.05, 0) is 17.8 Å². The van der Waals surface area contributed by atoms with E-state index in [1.807, 2.05) is 0 Å². The van der Waals surface area contributed by atoms with Crippen LogP contribution in [0.1, 0.15) is 59.8 Å². The van der Waals surface area contributed by atoms with Crippen molar-refractivity contribution in [3.05, 3.63) is 6.92 Å². The van der Waals surface area contributed by atoms with E-state index in [-0.39, 0.29) is 0 Å². The summed E-state index contributed by atoms with van der Waals surface area (Å²) in [4.78, 5) is 0. The Bertz CT molecular complexity index is 103. The molecule has 0 aliphatic heterocycles. The fraction of sp³-hybridized carbons (Fsp3) is 0.917. The van der Waals surface area contributed by atoms with Crippen molar-refractivity contribution >= 4 is 0 Å². The molecular weight excluding hydrogens is 144 g/mol. The number of hydrogen-bond acceptors (Lipinski definition) is 0. The van der Waals surface area contributed by atoms with E-state index in [4.69, 9.17) is 0 Å². The van der Waals surface area contributed by atoms with E-state index in [2.05, 4.69) is 34.6 Å². The summed E-state index contributed by atoms with van der Waals surface area (Å²) in [6.45, 7) is 13.3. The van der Waals surface area contributed by atoms with Crippen molar-refractivity contribution < 1.29 is 0 Å². The fourth-order valence-corrected chi connectivity index (χ4v) is 1.67. The van der Waals surface area contributed by atoms with E-state index in [0.717, 1.165) is 12.3 Å². The Kier molecular flexibility index (Phi) is 5.61. The van der Waals surface area contributed by atoms with Crippen LogP contribution in [0.4, 0.5) is 0 Å². The highest BCUT2D eigenvalue weighted by Crippen LogP contribution is 2.32. The van der Waals surface area contributed by atoms with Crippen molar-refractivity contribution in [1.82, 2.24) is 0 Å². The summed E-state index contributed by atoms with van der Waals surface area (Å²) in [5, 5.41) is 0. The second kappa shape index (κ2) is 5.61. The Morgan fingerprint density at radius 3 is 2.17 bits per heavy atom. The van der Waals surface area contributed by atoms with Gasteiger partial charge in [0, 0.05) is 0 Å². The Labute approximate surface area is 78.8 Å². The van der Waals surface area contributed by atoms with E-state index in [0.29, 0.717) is 5.41 Å². The van der Waals surface area contributed by atoms with Crippen LogP contribution in [-0.4, -0.2) is 0 Å². The van der Waals surface area contributed by atoms with Crippen LogP contribution in [0.3, 0.4) is 0 Å². The summed E-state index contributed by atoms with van der Waals surface area (Å²) in [5.41, 5.74) is 0.538. The highest BCUT2D eigenvalue weighted by Gasteiger charge is 2.19. The first kappa shape index (κ1) is 12.0. The first-order valence-electron chi connectivity index (χ1n) is 5.35. The maximum absolute atomic E-state index is 3.93. The Morgan fingerprint density at radius 1 is 1.25 bits per heavy atom. The van der Waals surface area contributed by atoms with Gasteiger partial charge in [-0.1, -0.05) is 60.3 Å².